The molecule has 1 N–H and O–H groups in total. The van der Waals surface area contributed by atoms with Gasteiger partial charge in [0.05, 0.1) is 30.0 Å². The third-order valence-corrected chi connectivity index (χ3v) is 6.31. The number of carbonyl (C=O) groups is 1. The van der Waals surface area contributed by atoms with Gasteiger partial charge in [-0.3, -0.25) is 4.79 Å². The summed E-state index contributed by atoms with van der Waals surface area (Å²) in [4.78, 5) is 14.7. The first-order valence-electron chi connectivity index (χ1n) is 11.0. The molecule has 32 heavy (non-hydrogen) atoms. The molecule has 2 unspecified atom stereocenters. The van der Waals surface area contributed by atoms with E-state index < -0.39 is 12.5 Å². The van der Waals surface area contributed by atoms with Crippen LogP contribution in [0.4, 0.5) is 18.9 Å². The Bertz CT molecular complexity index is 1130. The zero-order valence-electron chi connectivity index (χ0n) is 17.8. The van der Waals surface area contributed by atoms with E-state index in [1.54, 1.807) is 27.9 Å². The van der Waals surface area contributed by atoms with Gasteiger partial charge in [0.25, 0.3) is 5.92 Å². The Morgan fingerprint density at radius 2 is 1.84 bits per heavy atom. The Morgan fingerprint density at radius 3 is 2.53 bits per heavy atom. The second-order valence-corrected chi connectivity index (χ2v) is 9.05. The fourth-order valence-electron chi connectivity index (χ4n) is 4.56. The number of alkyl halides is 2. The largest absolute Gasteiger partial charge is 0.308 e. The lowest BCUT2D eigenvalue weighted by atomic mass is 10.0. The van der Waals surface area contributed by atoms with Crippen LogP contribution in [-0.2, 0) is 4.79 Å². The van der Waals surface area contributed by atoms with Crippen LogP contribution in [-0.4, -0.2) is 40.2 Å². The molecule has 8 heteroatoms. The molecule has 2 aromatic carbocycles. The van der Waals surface area contributed by atoms with Gasteiger partial charge in [-0.1, -0.05) is 12.8 Å². The van der Waals surface area contributed by atoms with E-state index in [4.69, 9.17) is 0 Å². The van der Waals surface area contributed by atoms with Crippen LogP contribution >= 0.6 is 0 Å². The van der Waals surface area contributed by atoms with E-state index in [1.165, 1.54) is 12.1 Å². The lowest BCUT2D eigenvalue weighted by Crippen LogP contribution is -2.46. The SMILES string of the molecule is CC(F)(F)CNC1CC(=O)N(c2ccc3c(cnn3-c3ccc(F)cc3)c2)C1CC1CC1. The van der Waals surface area contributed by atoms with Gasteiger partial charge in [0.15, 0.2) is 0 Å². The van der Waals surface area contributed by atoms with Crippen molar-refractivity contribution in [3.63, 3.8) is 0 Å². The predicted octanol–water partition coefficient (Wildman–Crippen LogP) is 4.68. The molecule has 1 aliphatic carbocycles. The van der Waals surface area contributed by atoms with Crippen LogP contribution in [0.1, 0.15) is 32.6 Å². The third kappa shape index (κ3) is 4.24. The zero-order chi connectivity index (χ0) is 22.5. The van der Waals surface area contributed by atoms with Gasteiger partial charge in [-0.05, 0) is 54.8 Å². The molecular weight excluding hydrogens is 417 g/mol. The number of carbonyl (C=O) groups excluding carboxylic acids is 1. The molecule has 2 heterocycles. The van der Waals surface area contributed by atoms with Gasteiger partial charge in [0.1, 0.15) is 5.82 Å². The fraction of sp³-hybridized carbons (Fsp3) is 0.417. The van der Waals surface area contributed by atoms with Crippen molar-refractivity contribution in [3.8, 4) is 5.69 Å². The molecule has 2 atom stereocenters. The number of nitrogens with zero attached hydrogens (tertiary/aromatic N) is 3. The number of benzene rings is 2. The summed E-state index contributed by atoms with van der Waals surface area (Å²) in [7, 11) is 0. The maximum atomic E-state index is 13.4. The molecule has 5 nitrogen and oxygen atoms in total. The molecule has 5 rings (SSSR count). The Hall–Kier alpha value is -2.87. The summed E-state index contributed by atoms with van der Waals surface area (Å²) >= 11 is 0. The van der Waals surface area contributed by atoms with Crippen LogP contribution in [0.25, 0.3) is 16.6 Å². The number of hydrogen-bond acceptors (Lipinski definition) is 3. The Balaban J connectivity index is 1.44. The first kappa shape index (κ1) is 21.0. The summed E-state index contributed by atoms with van der Waals surface area (Å²) in [6.07, 6.45) is 4.98. The average Bonchev–Trinajstić information content (AvgIpc) is 3.37. The van der Waals surface area contributed by atoms with Crippen LogP contribution < -0.4 is 10.2 Å². The molecule has 3 aromatic rings. The van der Waals surface area contributed by atoms with Crippen LogP contribution in [0.5, 0.6) is 0 Å². The van der Waals surface area contributed by atoms with E-state index in [-0.39, 0.29) is 30.2 Å². The van der Waals surface area contributed by atoms with Gasteiger partial charge in [-0.15, -0.1) is 0 Å². The number of anilines is 1. The van der Waals surface area contributed by atoms with E-state index in [0.29, 0.717) is 5.92 Å². The summed E-state index contributed by atoms with van der Waals surface area (Å²) in [6.45, 7) is 0.445. The van der Waals surface area contributed by atoms with Crippen molar-refractivity contribution in [1.29, 1.82) is 0 Å². The minimum Gasteiger partial charge on any atom is -0.308 e. The molecule has 1 saturated carbocycles. The molecule has 1 amide bonds. The third-order valence-electron chi connectivity index (χ3n) is 6.31. The number of halogens is 3. The molecule has 1 saturated heterocycles. The highest BCUT2D eigenvalue weighted by Gasteiger charge is 2.43. The summed E-state index contributed by atoms with van der Waals surface area (Å²) in [5.41, 5.74) is 2.33. The number of amides is 1. The van der Waals surface area contributed by atoms with Gasteiger partial charge in [0.2, 0.25) is 5.91 Å². The van der Waals surface area contributed by atoms with Gasteiger partial charge in [-0.2, -0.15) is 5.10 Å². The molecule has 0 bridgehead atoms. The van der Waals surface area contributed by atoms with Crippen molar-refractivity contribution in [2.75, 3.05) is 11.4 Å². The second-order valence-electron chi connectivity index (χ2n) is 9.05. The smallest absolute Gasteiger partial charge is 0.257 e. The van der Waals surface area contributed by atoms with Crippen LogP contribution in [0.15, 0.2) is 48.7 Å². The predicted molar refractivity (Wildman–Crippen MR) is 117 cm³/mol. The molecule has 1 aliphatic heterocycles. The minimum atomic E-state index is -2.82. The molecule has 168 valence electrons. The van der Waals surface area contributed by atoms with E-state index in [9.17, 15) is 18.0 Å². The quantitative estimate of drug-likeness (QED) is 0.578. The van der Waals surface area contributed by atoms with Crippen molar-refractivity contribution in [2.24, 2.45) is 5.92 Å². The van der Waals surface area contributed by atoms with Crippen LogP contribution in [0.3, 0.4) is 0 Å². The molecular formula is C24H25F3N4O. The van der Waals surface area contributed by atoms with E-state index in [2.05, 4.69) is 10.4 Å². The second kappa shape index (κ2) is 7.92. The maximum absolute atomic E-state index is 13.4. The van der Waals surface area contributed by atoms with Crippen LogP contribution in [0, 0.1) is 11.7 Å². The highest BCUT2D eigenvalue weighted by Crippen LogP contribution is 2.40. The number of rotatable bonds is 7. The number of fused-ring (bicyclic) bond motifs is 1. The standard InChI is InChI=1S/C24H25F3N4O/c1-24(26,27)14-28-20-12-23(32)30(22(20)10-15-2-3-15)19-8-9-21-16(11-19)13-29-31(21)18-6-4-17(25)5-7-18/h4-9,11,13,15,20,22,28H,2-3,10,12,14H2,1H3. The highest BCUT2D eigenvalue weighted by atomic mass is 19.3. The van der Waals surface area contributed by atoms with Crippen molar-refractivity contribution < 1.29 is 18.0 Å². The number of hydrogen-bond donors (Lipinski definition) is 1. The Labute approximate surface area is 184 Å². The van der Waals surface area contributed by atoms with Gasteiger partial charge >= 0.3 is 0 Å². The highest BCUT2D eigenvalue weighted by molar-refractivity contribution is 5.99. The topological polar surface area (TPSA) is 50.2 Å². The average molecular weight is 442 g/mol. The van der Waals surface area contributed by atoms with Crippen molar-refractivity contribution >= 4 is 22.5 Å². The fourth-order valence-corrected chi connectivity index (χ4v) is 4.56. The summed E-state index contributed by atoms with van der Waals surface area (Å²) < 4.78 is 41.9. The van der Waals surface area contributed by atoms with Crippen LogP contribution in [0.2, 0.25) is 0 Å². The molecule has 2 fully saturated rings. The first-order chi connectivity index (χ1) is 15.3. The maximum Gasteiger partial charge on any atom is 0.257 e. The molecule has 1 aromatic heterocycles. The number of nitrogens with one attached hydrogen (secondary N) is 1. The van der Waals surface area contributed by atoms with Crippen molar-refractivity contribution in [3.05, 3.63) is 54.5 Å². The molecule has 2 aliphatic rings. The normalized spacial score (nSPS) is 21.6. The summed E-state index contributed by atoms with van der Waals surface area (Å²) in [5, 5.41) is 8.22. The van der Waals surface area contributed by atoms with E-state index >= 15 is 0 Å². The Kier molecular flexibility index (Phi) is 5.20. The lowest BCUT2D eigenvalue weighted by Gasteiger charge is -2.29. The van der Waals surface area contributed by atoms with Gasteiger partial charge in [0, 0.05) is 30.5 Å². The Morgan fingerprint density at radius 1 is 1.12 bits per heavy atom. The van der Waals surface area contributed by atoms with Gasteiger partial charge < -0.3 is 10.2 Å². The van der Waals surface area contributed by atoms with Crippen molar-refractivity contribution in [1.82, 2.24) is 15.1 Å². The zero-order valence-corrected chi connectivity index (χ0v) is 17.8. The molecule has 0 spiro atoms. The van der Waals surface area contributed by atoms with E-state index in [1.807, 2.05) is 18.2 Å². The monoisotopic (exact) mass is 442 g/mol. The summed E-state index contributed by atoms with van der Waals surface area (Å²) in [6, 6.07) is 11.3. The van der Waals surface area contributed by atoms with Crippen molar-refractivity contribution in [2.45, 2.75) is 50.6 Å². The number of aromatic nitrogens is 2. The van der Waals surface area contributed by atoms with Gasteiger partial charge in [-0.25, -0.2) is 17.9 Å². The first-order valence-corrected chi connectivity index (χ1v) is 11.0. The van der Waals surface area contributed by atoms with E-state index in [0.717, 1.165) is 48.5 Å². The molecule has 0 radical (unpaired) electrons. The minimum absolute atomic E-state index is 0.0576. The summed E-state index contributed by atoms with van der Waals surface area (Å²) in [5.74, 6) is -2.65. The lowest BCUT2D eigenvalue weighted by molar-refractivity contribution is -0.117.